The summed E-state index contributed by atoms with van der Waals surface area (Å²) in [5.74, 6) is 0. The third-order valence-corrected chi connectivity index (χ3v) is 0. The second-order valence-corrected chi connectivity index (χ2v) is 1.16. The van der Waals surface area contributed by atoms with E-state index in [1.807, 2.05) is 0 Å². The van der Waals surface area contributed by atoms with Gasteiger partial charge in [0, 0.05) is 0 Å². The number of rotatable bonds is 0. The van der Waals surface area contributed by atoms with E-state index in [1.54, 1.807) is 0 Å². The molecule has 0 fully saturated rings. The molecule has 0 saturated carbocycles. The molecule has 0 spiro atoms. The van der Waals surface area contributed by atoms with Gasteiger partial charge in [-0.05, 0) is 0 Å². The van der Waals surface area contributed by atoms with Gasteiger partial charge in [-0.25, -0.2) is 0 Å². The molecule has 0 amide bonds. The zero-order chi connectivity index (χ0) is 3.58. The van der Waals surface area contributed by atoms with E-state index in [-0.39, 0.29) is 41.7 Å². The van der Waals surface area contributed by atoms with Gasteiger partial charge < -0.3 is 0 Å². The fourth-order valence-electron chi connectivity index (χ4n) is 0. The molecule has 0 aliphatic rings. The first-order chi connectivity index (χ1) is 1.73. The molecule has 0 aliphatic heterocycles. The summed E-state index contributed by atoms with van der Waals surface area (Å²) in [6, 6.07) is 0. The summed E-state index contributed by atoms with van der Waals surface area (Å²) in [5.41, 5.74) is 0. The Balaban J connectivity index is 0. The van der Waals surface area contributed by atoms with Gasteiger partial charge in [0.25, 0.3) is 0 Å². The molecule has 1 radical (unpaired) electrons. The van der Waals surface area contributed by atoms with E-state index in [9.17, 15) is 0 Å². The summed E-state index contributed by atoms with van der Waals surface area (Å²) in [6.07, 6.45) is 0. The van der Waals surface area contributed by atoms with E-state index in [0.29, 0.717) is 0 Å². The Labute approximate surface area is 68.7 Å². The van der Waals surface area contributed by atoms with Gasteiger partial charge in [0.2, 0.25) is 0 Å². The summed E-state index contributed by atoms with van der Waals surface area (Å²) < 4.78 is 25.7. The minimum atomic E-state index is -3.94. The van der Waals surface area contributed by atoms with Crippen LogP contribution in [-0.4, -0.2) is 15.7 Å². The molecule has 5 heavy (non-hydrogen) atoms. The third kappa shape index (κ3) is 25.7. The molecule has 0 aromatic heterocycles. The molecule has 0 aliphatic carbocycles. The van der Waals surface area contributed by atoms with Gasteiger partial charge in [-0.2, -0.15) is 0 Å². The van der Waals surface area contributed by atoms with Crippen LogP contribution in [0.5, 0.6) is 0 Å². The van der Waals surface area contributed by atoms with Gasteiger partial charge in [-0.1, -0.05) is 0 Å². The van der Waals surface area contributed by atoms with Crippen LogP contribution in [0.3, 0.4) is 0 Å². The van der Waals surface area contributed by atoms with Crippen molar-refractivity contribution in [3.63, 3.8) is 0 Å². The summed E-state index contributed by atoms with van der Waals surface area (Å²) in [7, 11) is 0. The average molecular weight is 263 g/mol. The zero-order valence-electron chi connectivity index (χ0n) is 2.17. The molecule has 3 nitrogen and oxygen atoms in total. The third-order valence-electron chi connectivity index (χ3n) is 0. The molecule has 0 bridgehead atoms. The monoisotopic (exact) mass is 263 g/mol. The molecule has 0 aromatic carbocycles. The second-order valence-electron chi connectivity index (χ2n) is 0.224. The Morgan fingerprint density at radius 1 is 1.00 bits per heavy atom. The Bertz CT molecular complexity index is 11.6. The van der Waals surface area contributed by atoms with E-state index in [4.69, 9.17) is 12.3 Å². The normalized spacial score (nSPS) is 7.20. The van der Waals surface area contributed by atoms with E-state index >= 15 is 0 Å². The van der Waals surface area contributed by atoms with Crippen molar-refractivity contribution in [3.8, 4) is 0 Å². The van der Waals surface area contributed by atoms with Gasteiger partial charge in [-0.3, -0.25) is 0 Å². The Kier molecular flexibility index (Phi) is 11.6. The topological polar surface area (TPSA) is 69.2 Å². The standard InChI is InChI=1S/AsO3.Ce/c2-1(3)4;/q-3;+3. The molecule has 27 valence electrons. The van der Waals surface area contributed by atoms with Gasteiger partial charge in [0.1, 0.15) is 0 Å². The molecule has 0 aromatic rings. The molecule has 0 heterocycles. The van der Waals surface area contributed by atoms with Crippen LogP contribution >= 0.6 is 0 Å². The Morgan fingerprint density at radius 2 is 1.00 bits per heavy atom. The van der Waals surface area contributed by atoms with E-state index in [1.165, 1.54) is 0 Å². The average Bonchev–Trinajstić information content (AvgIpc) is 0.811. The van der Waals surface area contributed by atoms with Crippen LogP contribution in [0, 0.1) is 41.7 Å². The summed E-state index contributed by atoms with van der Waals surface area (Å²) in [6.45, 7) is 0. The van der Waals surface area contributed by atoms with Crippen molar-refractivity contribution in [2.45, 2.75) is 0 Å². The van der Waals surface area contributed by atoms with Crippen molar-refractivity contribution in [3.05, 3.63) is 0 Å². The molecule has 0 rings (SSSR count). The predicted molar refractivity (Wildman–Crippen MR) is 5.75 cm³/mol. The quantitative estimate of drug-likeness (QED) is 0.419. The van der Waals surface area contributed by atoms with Gasteiger partial charge in [-0.15, -0.1) is 0 Å². The van der Waals surface area contributed by atoms with Crippen LogP contribution in [0.1, 0.15) is 0 Å². The first kappa shape index (κ1) is 9.94. The maximum absolute atomic E-state index is 8.56. The summed E-state index contributed by atoms with van der Waals surface area (Å²) in [4.78, 5) is 0. The molecule has 5 heteroatoms. The van der Waals surface area contributed by atoms with Gasteiger partial charge in [0.15, 0.2) is 0 Å². The first-order valence-electron chi connectivity index (χ1n) is 0.548. The van der Waals surface area contributed by atoms with Crippen molar-refractivity contribution < 1.29 is 54.0 Å². The van der Waals surface area contributed by atoms with Crippen LogP contribution in [0.2, 0.25) is 0 Å². The van der Waals surface area contributed by atoms with Crippen molar-refractivity contribution in [1.29, 1.82) is 0 Å². The maximum atomic E-state index is 8.56. The molecule has 0 saturated heterocycles. The van der Waals surface area contributed by atoms with E-state index < -0.39 is 15.7 Å². The van der Waals surface area contributed by atoms with Gasteiger partial charge in [0.05, 0.1) is 0 Å². The van der Waals surface area contributed by atoms with E-state index in [2.05, 4.69) is 0 Å². The fourth-order valence-corrected chi connectivity index (χ4v) is 0. The van der Waals surface area contributed by atoms with Crippen LogP contribution < -0.4 is 12.3 Å². The van der Waals surface area contributed by atoms with Gasteiger partial charge >= 0.3 is 69.7 Å². The molecule has 0 N–H and O–H groups in total. The number of hydrogen-bond acceptors (Lipinski definition) is 3. The minimum absolute atomic E-state index is 0. The summed E-state index contributed by atoms with van der Waals surface area (Å²) >= 11 is -3.94. The van der Waals surface area contributed by atoms with Crippen LogP contribution in [0.4, 0.5) is 0 Å². The SMILES string of the molecule is [Ce+3].[O-][As]([O-])[O-]. The van der Waals surface area contributed by atoms with Crippen molar-refractivity contribution in [2.24, 2.45) is 0 Å². The number of hydrogen-bond donors (Lipinski definition) is 0. The van der Waals surface area contributed by atoms with E-state index in [0.717, 1.165) is 0 Å². The predicted octanol–water partition coefficient (Wildman–Crippen LogP) is -3.95. The van der Waals surface area contributed by atoms with Crippen LogP contribution in [0.25, 0.3) is 0 Å². The summed E-state index contributed by atoms with van der Waals surface area (Å²) in [5, 5.41) is 0. The fraction of sp³-hybridized carbons (Fsp3) is 0. The van der Waals surface area contributed by atoms with Crippen molar-refractivity contribution in [1.82, 2.24) is 0 Å². The van der Waals surface area contributed by atoms with Crippen LogP contribution in [0.15, 0.2) is 0 Å². The van der Waals surface area contributed by atoms with Crippen molar-refractivity contribution >= 4 is 15.7 Å². The zero-order valence-corrected chi connectivity index (χ0v) is 7.19. The molecule has 0 atom stereocenters. The molecular formula is AsCeO3. The molecular weight excluding hydrogens is 263 g/mol. The second kappa shape index (κ2) is 5.82. The van der Waals surface area contributed by atoms with Crippen LogP contribution in [-0.2, 0) is 0 Å². The first-order valence-corrected chi connectivity index (χ1v) is 2.85. The Morgan fingerprint density at radius 3 is 1.00 bits per heavy atom. The Hall–Kier alpha value is 1.82. The van der Waals surface area contributed by atoms with Crippen molar-refractivity contribution in [2.75, 3.05) is 0 Å². The molecule has 0 unspecified atom stereocenters.